The predicted molar refractivity (Wildman–Crippen MR) is 82.9 cm³/mol. The molecular weight excluding hydrogens is 300 g/mol. The van der Waals surface area contributed by atoms with E-state index in [4.69, 9.17) is 10.00 Å². The van der Waals surface area contributed by atoms with Gasteiger partial charge in [-0.2, -0.15) is 9.57 Å². The standard InChI is InChI=1S/C16H20N2O3S/c1-12(15-9-13-5-3-4-6-14(13)21-15)18(2)22(19,20)11-16(10-17)7-8-16/h3-6,12,15H,7-9,11H2,1-2H3. The highest BCUT2D eigenvalue weighted by molar-refractivity contribution is 7.89. The van der Waals surface area contributed by atoms with Gasteiger partial charge in [0, 0.05) is 13.5 Å². The number of benzene rings is 1. The molecule has 1 aromatic carbocycles. The van der Waals surface area contributed by atoms with E-state index in [1.54, 1.807) is 7.05 Å². The molecule has 1 aromatic rings. The van der Waals surface area contributed by atoms with Crippen LogP contribution in [0.3, 0.4) is 0 Å². The van der Waals surface area contributed by atoms with Gasteiger partial charge >= 0.3 is 0 Å². The summed E-state index contributed by atoms with van der Waals surface area (Å²) in [7, 11) is -1.88. The van der Waals surface area contributed by atoms with E-state index >= 15 is 0 Å². The smallest absolute Gasteiger partial charge is 0.215 e. The molecule has 1 aliphatic carbocycles. The molecule has 3 rings (SSSR count). The zero-order chi connectivity index (χ0) is 16.0. The summed E-state index contributed by atoms with van der Waals surface area (Å²) in [6, 6.07) is 9.66. The van der Waals surface area contributed by atoms with E-state index in [-0.39, 0.29) is 17.9 Å². The minimum Gasteiger partial charge on any atom is -0.488 e. The first-order valence-corrected chi connectivity index (χ1v) is 9.09. The number of fused-ring (bicyclic) bond motifs is 1. The summed E-state index contributed by atoms with van der Waals surface area (Å²) in [6.07, 6.45) is 1.88. The Balaban J connectivity index is 1.70. The third-order valence-electron chi connectivity index (χ3n) is 4.77. The maximum atomic E-state index is 12.5. The fourth-order valence-electron chi connectivity index (χ4n) is 2.86. The summed E-state index contributed by atoms with van der Waals surface area (Å²) in [5, 5.41) is 9.11. The van der Waals surface area contributed by atoms with Crippen LogP contribution in [0.4, 0.5) is 0 Å². The van der Waals surface area contributed by atoms with Crippen LogP contribution >= 0.6 is 0 Å². The van der Waals surface area contributed by atoms with Gasteiger partial charge in [-0.3, -0.25) is 0 Å². The van der Waals surface area contributed by atoms with Crippen molar-refractivity contribution in [3.8, 4) is 11.8 Å². The van der Waals surface area contributed by atoms with Gasteiger partial charge in [0.05, 0.1) is 23.3 Å². The van der Waals surface area contributed by atoms with Crippen LogP contribution in [-0.4, -0.2) is 37.7 Å². The van der Waals surface area contributed by atoms with E-state index in [9.17, 15) is 8.42 Å². The van der Waals surface area contributed by atoms with Crippen LogP contribution in [0.15, 0.2) is 24.3 Å². The predicted octanol–water partition coefficient (Wildman–Crippen LogP) is 1.94. The average molecular weight is 320 g/mol. The highest BCUT2D eigenvalue weighted by Gasteiger charge is 2.48. The summed E-state index contributed by atoms with van der Waals surface area (Å²) >= 11 is 0. The van der Waals surface area contributed by atoms with Crippen molar-refractivity contribution in [3.05, 3.63) is 29.8 Å². The SMILES string of the molecule is CC(C1Cc2ccccc2O1)N(C)S(=O)(=O)CC1(C#N)CC1. The molecule has 0 amide bonds. The minimum atomic E-state index is -3.46. The van der Waals surface area contributed by atoms with Gasteiger partial charge in [-0.15, -0.1) is 0 Å². The number of hydrogen-bond donors (Lipinski definition) is 0. The molecule has 0 spiro atoms. The van der Waals surface area contributed by atoms with E-state index < -0.39 is 15.4 Å². The maximum absolute atomic E-state index is 12.5. The second-order valence-electron chi connectivity index (χ2n) is 6.37. The van der Waals surface area contributed by atoms with Gasteiger partial charge in [0.15, 0.2) is 0 Å². The summed E-state index contributed by atoms with van der Waals surface area (Å²) in [6.45, 7) is 1.86. The van der Waals surface area contributed by atoms with Crippen molar-refractivity contribution in [3.63, 3.8) is 0 Å². The molecule has 118 valence electrons. The Morgan fingerprint density at radius 2 is 2.14 bits per heavy atom. The number of hydrogen-bond acceptors (Lipinski definition) is 4. The van der Waals surface area contributed by atoms with Crippen LogP contribution in [0.25, 0.3) is 0 Å². The molecule has 0 saturated heterocycles. The maximum Gasteiger partial charge on any atom is 0.215 e. The Morgan fingerprint density at radius 3 is 2.73 bits per heavy atom. The van der Waals surface area contributed by atoms with Gasteiger partial charge < -0.3 is 4.74 Å². The summed E-state index contributed by atoms with van der Waals surface area (Å²) < 4.78 is 32.3. The summed E-state index contributed by atoms with van der Waals surface area (Å²) in [5.41, 5.74) is 0.451. The number of likely N-dealkylation sites (N-methyl/N-ethyl adjacent to an activating group) is 1. The number of nitriles is 1. The molecule has 1 fully saturated rings. The van der Waals surface area contributed by atoms with Crippen LogP contribution in [0.2, 0.25) is 0 Å². The van der Waals surface area contributed by atoms with Gasteiger partial charge in [0.1, 0.15) is 11.9 Å². The second-order valence-corrected chi connectivity index (χ2v) is 8.40. The largest absolute Gasteiger partial charge is 0.488 e. The molecule has 2 unspecified atom stereocenters. The highest BCUT2D eigenvalue weighted by Crippen LogP contribution is 2.46. The van der Waals surface area contributed by atoms with Gasteiger partial charge in [-0.05, 0) is 31.4 Å². The normalized spacial score (nSPS) is 23.5. The molecule has 2 aliphatic rings. The fraction of sp³-hybridized carbons (Fsp3) is 0.562. The van der Waals surface area contributed by atoms with E-state index in [2.05, 4.69) is 6.07 Å². The average Bonchev–Trinajstić information content (AvgIpc) is 3.12. The van der Waals surface area contributed by atoms with Crippen molar-refractivity contribution >= 4 is 10.0 Å². The fourth-order valence-corrected chi connectivity index (χ4v) is 4.75. The van der Waals surface area contributed by atoms with Crippen molar-refractivity contribution in [2.24, 2.45) is 5.41 Å². The Kier molecular flexibility index (Phi) is 3.66. The van der Waals surface area contributed by atoms with Crippen LogP contribution in [-0.2, 0) is 16.4 Å². The zero-order valence-corrected chi connectivity index (χ0v) is 13.6. The van der Waals surface area contributed by atoms with Gasteiger partial charge in [0.25, 0.3) is 0 Å². The van der Waals surface area contributed by atoms with Gasteiger partial charge in [0.2, 0.25) is 10.0 Å². The molecule has 5 nitrogen and oxygen atoms in total. The molecule has 0 N–H and O–H groups in total. The van der Waals surface area contributed by atoms with Gasteiger partial charge in [-0.25, -0.2) is 8.42 Å². The van der Waals surface area contributed by atoms with Crippen LogP contribution in [0.1, 0.15) is 25.3 Å². The Hall–Kier alpha value is -1.58. The number of nitrogens with zero attached hydrogens (tertiary/aromatic N) is 2. The highest BCUT2D eigenvalue weighted by atomic mass is 32.2. The molecule has 22 heavy (non-hydrogen) atoms. The van der Waals surface area contributed by atoms with Crippen molar-refractivity contribution in [2.75, 3.05) is 12.8 Å². The third-order valence-corrected chi connectivity index (χ3v) is 6.90. The molecule has 1 heterocycles. The lowest BCUT2D eigenvalue weighted by atomic mass is 10.1. The van der Waals surface area contributed by atoms with Crippen LogP contribution < -0.4 is 4.74 Å². The molecule has 0 bridgehead atoms. The minimum absolute atomic E-state index is 0.0863. The van der Waals surface area contributed by atoms with E-state index in [1.807, 2.05) is 31.2 Å². The topological polar surface area (TPSA) is 70.4 Å². The summed E-state index contributed by atoms with van der Waals surface area (Å²) in [5.74, 6) is 0.748. The number of sulfonamides is 1. The van der Waals surface area contributed by atoms with Gasteiger partial charge in [-0.1, -0.05) is 18.2 Å². The number of rotatable bonds is 5. The van der Waals surface area contributed by atoms with E-state index in [0.29, 0.717) is 19.3 Å². The Labute approximate surface area is 131 Å². The first kappa shape index (κ1) is 15.3. The van der Waals surface area contributed by atoms with E-state index in [0.717, 1.165) is 11.3 Å². The molecular formula is C16H20N2O3S. The molecule has 2 atom stereocenters. The third kappa shape index (κ3) is 2.71. The van der Waals surface area contributed by atoms with Crippen LogP contribution in [0.5, 0.6) is 5.75 Å². The second kappa shape index (κ2) is 5.25. The molecule has 6 heteroatoms. The van der Waals surface area contributed by atoms with Crippen molar-refractivity contribution in [1.29, 1.82) is 5.26 Å². The van der Waals surface area contributed by atoms with Crippen LogP contribution in [0, 0.1) is 16.7 Å². The molecule has 0 aromatic heterocycles. The molecule has 1 saturated carbocycles. The molecule has 1 aliphatic heterocycles. The quantitative estimate of drug-likeness (QED) is 0.831. The molecule has 0 radical (unpaired) electrons. The number of ether oxygens (including phenoxy) is 1. The monoisotopic (exact) mass is 320 g/mol. The first-order valence-electron chi connectivity index (χ1n) is 7.48. The zero-order valence-electron chi connectivity index (χ0n) is 12.8. The van der Waals surface area contributed by atoms with E-state index in [1.165, 1.54) is 4.31 Å². The number of para-hydroxylation sites is 1. The van der Waals surface area contributed by atoms with Crippen molar-refractivity contribution in [2.45, 2.75) is 38.3 Å². The lowest BCUT2D eigenvalue weighted by Crippen LogP contribution is -2.46. The lowest BCUT2D eigenvalue weighted by molar-refractivity contribution is 0.153. The first-order chi connectivity index (χ1) is 10.4. The Bertz CT molecular complexity index is 694. The van der Waals surface area contributed by atoms with Crippen molar-refractivity contribution < 1.29 is 13.2 Å². The Morgan fingerprint density at radius 1 is 1.45 bits per heavy atom. The van der Waals surface area contributed by atoms with Crippen molar-refractivity contribution in [1.82, 2.24) is 4.31 Å². The summed E-state index contributed by atoms with van der Waals surface area (Å²) in [4.78, 5) is 0. The lowest BCUT2D eigenvalue weighted by Gasteiger charge is -2.29.